The van der Waals surface area contributed by atoms with Gasteiger partial charge in [-0.05, 0) is 75.4 Å². The molecule has 0 spiro atoms. The molecule has 8 heteroatoms. The molecule has 0 radical (unpaired) electrons. The maximum absolute atomic E-state index is 13.1. The minimum atomic E-state index is -3.72. The van der Waals surface area contributed by atoms with Crippen LogP contribution < -0.4 is 10.1 Å². The number of anilines is 1. The number of aromatic nitrogens is 1. The number of hydrogen-bond acceptors (Lipinski definition) is 5. The van der Waals surface area contributed by atoms with E-state index in [1.165, 1.54) is 16.6 Å². The van der Waals surface area contributed by atoms with Crippen molar-refractivity contribution in [3.63, 3.8) is 0 Å². The number of hydrogen-bond donors (Lipinski definition) is 1. The Morgan fingerprint density at radius 2 is 1.93 bits per heavy atom. The van der Waals surface area contributed by atoms with Crippen LogP contribution in [0.1, 0.15) is 33.1 Å². The van der Waals surface area contributed by atoms with Crippen molar-refractivity contribution in [2.75, 3.05) is 11.9 Å². The first-order valence-corrected chi connectivity index (χ1v) is 11.8. The number of pyridine rings is 1. The average Bonchev–Trinajstić information content (AvgIpc) is 2.75. The first-order valence-electron chi connectivity index (χ1n) is 10.3. The van der Waals surface area contributed by atoms with Crippen LogP contribution in [0.15, 0.2) is 53.7 Å². The lowest BCUT2D eigenvalue weighted by atomic mass is 9.73. The van der Waals surface area contributed by atoms with E-state index in [0.717, 1.165) is 12.2 Å². The fourth-order valence-corrected chi connectivity index (χ4v) is 6.14. The van der Waals surface area contributed by atoms with Gasteiger partial charge in [-0.15, -0.1) is 0 Å². The molecule has 3 aliphatic rings. The molecular weight excluding hydrogens is 402 g/mol. The summed E-state index contributed by atoms with van der Waals surface area (Å²) in [5, 5.41) is 3.00. The van der Waals surface area contributed by atoms with Crippen LogP contribution >= 0.6 is 0 Å². The summed E-state index contributed by atoms with van der Waals surface area (Å²) in [4.78, 5) is 17.1. The Morgan fingerprint density at radius 3 is 2.57 bits per heavy atom. The fraction of sp³-hybridized carbons (Fsp3) is 0.455. The quantitative estimate of drug-likeness (QED) is 0.761. The van der Waals surface area contributed by atoms with Gasteiger partial charge in [-0.2, -0.15) is 4.31 Å². The summed E-state index contributed by atoms with van der Waals surface area (Å²) in [5.74, 6) is 0.420. The number of sulfonamides is 1. The molecule has 0 unspecified atom stereocenters. The van der Waals surface area contributed by atoms with E-state index in [-0.39, 0.29) is 34.9 Å². The molecular formula is C22H27N3O4S. The van der Waals surface area contributed by atoms with Crippen LogP contribution in [0.3, 0.4) is 0 Å². The van der Waals surface area contributed by atoms with Gasteiger partial charge in [0.2, 0.25) is 5.91 Å². The first-order chi connectivity index (χ1) is 14.3. The Hall–Kier alpha value is -2.45. The molecule has 2 bridgehead atoms. The zero-order valence-electron chi connectivity index (χ0n) is 17.2. The number of nitrogens with zero attached hydrogens (tertiary/aromatic N) is 2. The summed E-state index contributed by atoms with van der Waals surface area (Å²) >= 11 is 0. The second-order valence-corrected chi connectivity index (χ2v) is 10.1. The third-order valence-corrected chi connectivity index (χ3v) is 7.58. The van der Waals surface area contributed by atoms with Crippen molar-refractivity contribution in [1.82, 2.24) is 9.29 Å². The van der Waals surface area contributed by atoms with E-state index < -0.39 is 10.0 Å². The van der Waals surface area contributed by atoms with Gasteiger partial charge in [-0.1, -0.05) is 6.07 Å². The highest BCUT2D eigenvalue weighted by Crippen LogP contribution is 2.42. The van der Waals surface area contributed by atoms with Crippen molar-refractivity contribution in [3.05, 3.63) is 48.7 Å². The molecule has 3 atom stereocenters. The van der Waals surface area contributed by atoms with Crippen molar-refractivity contribution in [2.24, 2.45) is 11.8 Å². The highest BCUT2D eigenvalue weighted by atomic mass is 32.2. The Kier molecular flexibility index (Phi) is 5.79. The van der Waals surface area contributed by atoms with E-state index in [0.29, 0.717) is 25.1 Å². The number of fused-ring (bicyclic) bond motifs is 3. The summed E-state index contributed by atoms with van der Waals surface area (Å²) in [6, 6.07) is 11.8. The summed E-state index contributed by atoms with van der Waals surface area (Å²) in [6.45, 7) is 4.37. The number of amides is 1. The number of carbonyl (C=O) groups excluding carboxylic acids is 1. The lowest BCUT2D eigenvalue weighted by Gasteiger charge is -2.48. The SMILES string of the molecule is CC(C)Oc1ccc(NC(=O)[C@@H]2C[C@@H]3CC[C@@H]2N(S(=O)(=O)c2ccccn2)C3)cc1. The number of carbonyl (C=O) groups is 1. The van der Waals surface area contributed by atoms with Crippen LogP contribution in [0.5, 0.6) is 5.75 Å². The normalized spacial score (nSPS) is 24.0. The van der Waals surface area contributed by atoms with Crippen LogP contribution in [0.4, 0.5) is 5.69 Å². The zero-order valence-corrected chi connectivity index (χ0v) is 18.0. The van der Waals surface area contributed by atoms with E-state index in [2.05, 4.69) is 10.3 Å². The Balaban J connectivity index is 1.50. The molecule has 2 aliphatic heterocycles. The number of rotatable bonds is 6. The molecule has 5 rings (SSSR count). The standard InChI is InChI=1S/C22H27N3O4S/c1-15(2)29-18-9-7-17(8-10-18)24-22(26)19-13-16-6-11-20(19)25(14-16)30(27,28)21-5-3-4-12-23-21/h3-5,7-10,12,15-16,19-20H,6,11,13-14H2,1-2H3,(H,24,26)/t16-,19+,20-/m0/s1. The third kappa shape index (κ3) is 4.20. The predicted molar refractivity (Wildman–Crippen MR) is 114 cm³/mol. The zero-order chi connectivity index (χ0) is 21.3. The van der Waals surface area contributed by atoms with Gasteiger partial charge < -0.3 is 10.1 Å². The Labute approximate surface area is 177 Å². The number of nitrogens with one attached hydrogen (secondary N) is 1. The Bertz CT molecular complexity index is 993. The summed E-state index contributed by atoms with van der Waals surface area (Å²) in [5.41, 5.74) is 0.677. The first kappa shape index (κ1) is 20.8. The number of ether oxygens (including phenoxy) is 1. The fourth-order valence-electron chi connectivity index (χ4n) is 4.44. The summed E-state index contributed by atoms with van der Waals surface area (Å²) in [7, 11) is -3.72. The van der Waals surface area contributed by atoms with Crippen molar-refractivity contribution in [3.8, 4) is 5.75 Å². The molecule has 2 aromatic rings. The van der Waals surface area contributed by atoms with Crippen molar-refractivity contribution < 1.29 is 17.9 Å². The molecule has 1 saturated carbocycles. The maximum Gasteiger partial charge on any atom is 0.260 e. The summed E-state index contributed by atoms with van der Waals surface area (Å²) < 4.78 is 33.4. The van der Waals surface area contributed by atoms with Crippen LogP contribution in [-0.4, -0.2) is 42.3 Å². The Morgan fingerprint density at radius 1 is 1.17 bits per heavy atom. The molecule has 7 nitrogen and oxygen atoms in total. The van der Waals surface area contributed by atoms with E-state index in [4.69, 9.17) is 4.74 Å². The highest BCUT2D eigenvalue weighted by Gasteiger charge is 2.48. The summed E-state index contributed by atoms with van der Waals surface area (Å²) in [6.07, 6.45) is 3.90. The second-order valence-electron chi connectivity index (χ2n) is 8.28. The molecule has 1 aromatic carbocycles. The molecule has 1 aliphatic carbocycles. The van der Waals surface area contributed by atoms with Crippen LogP contribution in [0.25, 0.3) is 0 Å². The molecule has 160 valence electrons. The van der Waals surface area contributed by atoms with E-state index in [1.807, 2.05) is 26.0 Å². The molecule has 2 saturated heterocycles. The minimum Gasteiger partial charge on any atom is -0.491 e. The van der Waals surface area contributed by atoms with Gasteiger partial charge in [0.15, 0.2) is 5.03 Å². The number of piperidine rings is 2. The van der Waals surface area contributed by atoms with Crippen LogP contribution in [-0.2, 0) is 14.8 Å². The van der Waals surface area contributed by atoms with Gasteiger partial charge in [0.1, 0.15) is 5.75 Å². The molecule has 1 amide bonds. The van der Waals surface area contributed by atoms with Gasteiger partial charge in [-0.25, -0.2) is 13.4 Å². The third-order valence-electron chi connectivity index (χ3n) is 5.77. The molecule has 30 heavy (non-hydrogen) atoms. The molecule has 3 heterocycles. The molecule has 1 aromatic heterocycles. The monoisotopic (exact) mass is 429 g/mol. The van der Waals surface area contributed by atoms with E-state index in [9.17, 15) is 13.2 Å². The van der Waals surface area contributed by atoms with Gasteiger partial charge >= 0.3 is 0 Å². The van der Waals surface area contributed by atoms with Crippen molar-refractivity contribution in [2.45, 2.75) is 50.3 Å². The lowest BCUT2D eigenvalue weighted by Crippen LogP contribution is -2.57. The minimum absolute atomic E-state index is 0.0393. The smallest absolute Gasteiger partial charge is 0.260 e. The van der Waals surface area contributed by atoms with Gasteiger partial charge in [-0.3, -0.25) is 4.79 Å². The molecule has 3 fully saturated rings. The number of benzene rings is 1. The highest BCUT2D eigenvalue weighted by molar-refractivity contribution is 7.89. The average molecular weight is 430 g/mol. The topological polar surface area (TPSA) is 88.6 Å². The lowest BCUT2D eigenvalue weighted by molar-refractivity contribution is -0.125. The van der Waals surface area contributed by atoms with Gasteiger partial charge in [0.25, 0.3) is 10.0 Å². The van der Waals surface area contributed by atoms with Crippen LogP contribution in [0, 0.1) is 11.8 Å². The van der Waals surface area contributed by atoms with Crippen molar-refractivity contribution >= 4 is 21.6 Å². The van der Waals surface area contributed by atoms with E-state index in [1.54, 1.807) is 24.3 Å². The van der Waals surface area contributed by atoms with E-state index >= 15 is 0 Å². The largest absolute Gasteiger partial charge is 0.491 e. The second kappa shape index (κ2) is 8.35. The maximum atomic E-state index is 13.1. The van der Waals surface area contributed by atoms with Gasteiger partial charge in [0, 0.05) is 24.5 Å². The molecule has 1 N–H and O–H groups in total. The van der Waals surface area contributed by atoms with Gasteiger partial charge in [0.05, 0.1) is 12.0 Å². The van der Waals surface area contributed by atoms with Crippen LogP contribution in [0.2, 0.25) is 0 Å². The predicted octanol–water partition coefficient (Wildman–Crippen LogP) is 3.30. The van der Waals surface area contributed by atoms with Crippen molar-refractivity contribution in [1.29, 1.82) is 0 Å².